The van der Waals surface area contributed by atoms with E-state index in [1.54, 1.807) is 6.07 Å². The van der Waals surface area contributed by atoms with Gasteiger partial charge in [-0.05, 0) is 12.5 Å². The number of hydrogen-bond acceptors (Lipinski definition) is 5. The smallest absolute Gasteiger partial charge is 0.230 e. The van der Waals surface area contributed by atoms with E-state index in [1.807, 2.05) is 13.0 Å². The maximum absolute atomic E-state index is 11.4. The Morgan fingerprint density at radius 2 is 2.47 bits per heavy atom. The maximum Gasteiger partial charge on any atom is 0.230 e. The number of carbonyl (C=O) groups is 1. The van der Waals surface area contributed by atoms with Crippen LogP contribution in [0.25, 0.3) is 0 Å². The van der Waals surface area contributed by atoms with Gasteiger partial charge in [-0.2, -0.15) is 5.26 Å². The summed E-state index contributed by atoms with van der Waals surface area (Å²) >= 11 is 1.24. The topological polar surface area (TPSA) is 91.8 Å². The van der Waals surface area contributed by atoms with Gasteiger partial charge in [-0.25, -0.2) is 4.98 Å². The Balaban J connectivity index is 2.58. The lowest BCUT2D eigenvalue weighted by atomic mass is 10.3. The second-order valence-corrected chi connectivity index (χ2v) is 4.34. The minimum Gasteiger partial charge on any atom is -0.397 e. The van der Waals surface area contributed by atoms with Crippen LogP contribution in [0.5, 0.6) is 0 Å². The van der Waals surface area contributed by atoms with Crippen LogP contribution in [0.1, 0.15) is 18.9 Å². The first-order valence-electron chi connectivity index (χ1n) is 5.22. The van der Waals surface area contributed by atoms with Crippen LogP contribution in [-0.4, -0.2) is 23.2 Å². The summed E-state index contributed by atoms with van der Waals surface area (Å²) in [5.74, 6) is 0.199. The van der Waals surface area contributed by atoms with Crippen LogP contribution < -0.4 is 11.1 Å². The fraction of sp³-hybridized carbons (Fsp3) is 0.364. The Labute approximate surface area is 104 Å². The van der Waals surface area contributed by atoms with Crippen LogP contribution in [0.4, 0.5) is 5.69 Å². The van der Waals surface area contributed by atoms with Crippen LogP contribution in [0.15, 0.2) is 17.3 Å². The molecule has 0 aliphatic heterocycles. The molecule has 1 amide bonds. The number of pyridine rings is 1. The molecule has 5 nitrogen and oxygen atoms in total. The molecule has 0 atom stereocenters. The van der Waals surface area contributed by atoms with Gasteiger partial charge in [0.15, 0.2) is 0 Å². The number of aromatic nitrogens is 1. The molecule has 0 aromatic carbocycles. The summed E-state index contributed by atoms with van der Waals surface area (Å²) in [4.78, 5) is 15.4. The number of nitrogens with zero attached hydrogens (tertiary/aromatic N) is 2. The van der Waals surface area contributed by atoms with Crippen LogP contribution in [0, 0.1) is 11.3 Å². The van der Waals surface area contributed by atoms with Crippen molar-refractivity contribution >= 4 is 23.4 Å². The molecule has 0 saturated heterocycles. The Morgan fingerprint density at radius 3 is 3.12 bits per heavy atom. The van der Waals surface area contributed by atoms with Crippen molar-refractivity contribution in [1.82, 2.24) is 10.3 Å². The number of nitrogens with one attached hydrogen (secondary N) is 1. The molecule has 90 valence electrons. The van der Waals surface area contributed by atoms with E-state index in [0.717, 1.165) is 6.42 Å². The van der Waals surface area contributed by atoms with Gasteiger partial charge in [0.1, 0.15) is 11.1 Å². The number of nitrogens with two attached hydrogens (primary N) is 1. The molecule has 6 heteroatoms. The SMILES string of the molecule is CCCNC(=O)CSc1ncc(N)cc1C#N. The average Bonchev–Trinajstić information content (AvgIpc) is 2.34. The lowest BCUT2D eigenvalue weighted by Crippen LogP contribution is -2.25. The van der Waals surface area contributed by atoms with Crippen molar-refractivity contribution in [2.45, 2.75) is 18.4 Å². The van der Waals surface area contributed by atoms with Crippen LogP contribution >= 0.6 is 11.8 Å². The van der Waals surface area contributed by atoms with Crippen molar-refractivity contribution in [1.29, 1.82) is 5.26 Å². The number of nitrogen functional groups attached to an aromatic ring is 1. The molecule has 0 fully saturated rings. The van der Waals surface area contributed by atoms with Gasteiger partial charge >= 0.3 is 0 Å². The zero-order chi connectivity index (χ0) is 12.7. The highest BCUT2D eigenvalue weighted by Crippen LogP contribution is 2.20. The second-order valence-electron chi connectivity index (χ2n) is 3.37. The molecule has 1 aromatic heterocycles. The standard InChI is InChI=1S/C11H14N4OS/c1-2-3-14-10(16)7-17-11-8(5-12)4-9(13)6-15-11/h4,6H,2-3,7,13H2,1H3,(H,14,16). The van der Waals surface area contributed by atoms with Crippen molar-refractivity contribution in [2.24, 2.45) is 0 Å². The molecule has 1 heterocycles. The van der Waals surface area contributed by atoms with E-state index < -0.39 is 0 Å². The van der Waals surface area contributed by atoms with Gasteiger partial charge in [-0.3, -0.25) is 4.79 Å². The minimum atomic E-state index is -0.0561. The van der Waals surface area contributed by atoms with Gasteiger partial charge in [0.2, 0.25) is 5.91 Å². The van der Waals surface area contributed by atoms with E-state index in [-0.39, 0.29) is 11.7 Å². The quantitative estimate of drug-likeness (QED) is 0.765. The zero-order valence-corrected chi connectivity index (χ0v) is 10.4. The van der Waals surface area contributed by atoms with E-state index in [1.165, 1.54) is 18.0 Å². The summed E-state index contributed by atoms with van der Waals surface area (Å²) in [6, 6.07) is 3.56. The van der Waals surface area contributed by atoms with Crippen molar-refractivity contribution in [3.63, 3.8) is 0 Å². The molecule has 17 heavy (non-hydrogen) atoms. The first-order chi connectivity index (χ1) is 8.17. The minimum absolute atomic E-state index is 0.0561. The Bertz CT molecular complexity index is 442. The highest BCUT2D eigenvalue weighted by atomic mass is 32.2. The molecule has 3 N–H and O–H groups in total. The molecule has 0 saturated carbocycles. The van der Waals surface area contributed by atoms with Crippen molar-refractivity contribution in [2.75, 3.05) is 18.0 Å². The average molecular weight is 250 g/mol. The number of amides is 1. The molecule has 1 aromatic rings. The van der Waals surface area contributed by atoms with Crippen LogP contribution in [0.3, 0.4) is 0 Å². The third-order valence-electron chi connectivity index (χ3n) is 1.90. The van der Waals surface area contributed by atoms with Gasteiger partial charge in [-0.15, -0.1) is 0 Å². The van der Waals surface area contributed by atoms with E-state index >= 15 is 0 Å². The first-order valence-corrected chi connectivity index (χ1v) is 6.21. The number of anilines is 1. The van der Waals surface area contributed by atoms with Gasteiger partial charge in [-0.1, -0.05) is 18.7 Å². The highest BCUT2D eigenvalue weighted by molar-refractivity contribution is 7.99. The fourth-order valence-electron chi connectivity index (χ4n) is 1.11. The fourth-order valence-corrected chi connectivity index (χ4v) is 1.87. The number of rotatable bonds is 5. The normalized spacial score (nSPS) is 9.65. The molecular formula is C11H14N4OS. The van der Waals surface area contributed by atoms with Gasteiger partial charge in [0, 0.05) is 6.54 Å². The molecule has 0 aliphatic rings. The van der Waals surface area contributed by atoms with Gasteiger partial charge in [0.25, 0.3) is 0 Å². The van der Waals surface area contributed by atoms with Crippen molar-refractivity contribution < 1.29 is 4.79 Å². The number of hydrogen-bond donors (Lipinski definition) is 2. The summed E-state index contributed by atoms with van der Waals surface area (Å²) in [7, 11) is 0. The number of nitriles is 1. The van der Waals surface area contributed by atoms with E-state index in [4.69, 9.17) is 11.0 Å². The summed E-state index contributed by atoms with van der Waals surface area (Å²) in [5, 5.41) is 12.2. The third-order valence-corrected chi connectivity index (χ3v) is 2.91. The molecule has 0 aliphatic carbocycles. The van der Waals surface area contributed by atoms with Crippen LogP contribution in [-0.2, 0) is 4.79 Å². The number of carbonyl (C=O) groups excluding carboxylic acids is 1. The molecule has 0 spiro atoms. The summed E-state index contributed by atoms with van der Waals surface area (Å²) in [5.41, 5.74) is 6.37. The first kappa shape index (κ1) is 13.3. The largest absolute Gasteiger partial charge is 0.397 e. The zero-order valence-electron chi connectivity index (χ0n) is 9.56. The maximum atomic E-state index is 11.4. The Kier molecular flexibility index (Phi) is 5.30. The summed E-state index contributed by atoms with van der Waals surface area (Å²) < 4.78 is 0. The van der Waals surface area contributed by atoms with Crippen molar-refractivity contribution in [3.05, 3.63) is 17.8 Å². The Hall–Kier alpha value is -1.74. The Morgan fingerprint density at radius 1 is 1.71 bits per heavy atom. The van der Waals surface area contributed by atoms with Gasteiger partial charge < -0.3 is 11.1 Å². The highest BCUT2D eigenvalue weighted by Gasteiger charge is 2.08. The summed E-state index contributed by atoms with van der Waals surface area (Å²) in [6.07, 6.45) is 2.38. The second kappa shape index (κ2) is 6.76. The third kappa shape index (κ3) is 4.33. The van der Waals surface area contributed by atoms with E-state index in [0.29, 0.717) is 22.8 Å². The monoisotopic (exact) mass is 250 g/mol. The van der Waals surface area contributed by atoms with Gasteiger partial charge in [0.05, 0.1) is 23.2 Å². The predicted octanol–water partition coefficient (Wildman–Crippen LogP) is 1.15. The summed E-state index contributed by atoms with van der Waals surface area (Å²) in [6.45, 7) is 2.66. The molecular weight excluding hydrogens is 236 g/mol. The number of thioether (sulfide) groups is 1. The molecule has 0 bridgehead atoms. The lowest BCUT2D eigenvalue weighted by Gasteiger charge is -2.04. The molecule has 0 unspecified atom stereocenters. The predicted molar refractivity (Wildman–Crippen MR) is 67.4 cm³/mol. The van der Waals surface area contributed by atoms with Crippen molar-refractivity contribution in [3.8, 4) is 6.07 Å². The van der Waals surface area contributed by atoms with Crippen LogP contribution in [0.2, 0.25) is 0 Å². The molecule has 1 rings (SSSR count). The van der Waals surface area contributed by atoms with E-state index in [2.05, 4.69) is 10.3 Å². The van der Waals surface area contributed by atoms with E-state index in [9.17, 15) is 4.79 Å². The lowest BCUT2D eigenvalue weighted by molar-refractivity contribution is -0.118. The molecule has 0 radical (unpaired) electrons.